The molecule has 0 spiro atoms. The van der Waals surface area contributed by atoms with Crippen LogP contribution in [-0.2, 0) is 19.3 Å². The Balaban J connectivity index is 2.70. The first-order chi connectivity index (χ1) is 9.60. The molecule has 0 amide bonds. The zero-order chi connectivity index (χ0) is 14.7. The maximum absolute atomic E-state index is 10.2. The van der Waals surface area contributed by atoms with Crippen molar-refractivity contribution in [3.8, 4) is 22.6 Å². The number of aromatic hydroxyl groups is 2. The Hall–Kier alpha value is -1.96. The molecule has 0 radical (unpaired) electrons. The van der Waals surface area contributed by atoms with Crippen molar-refractivity contribution < 1.29 is 10.2 Å². The molecule has 0 unspecified atom stereocenters. The first-order valence-corrected chi connectivity index (χ1v) is 7.27. The quantitative estimate of drug-likeness (QED) is 0.806. The number of hydrogen-bond donors (Lipinski definition) is 2. The minimum atomic E-state index is 0.231. The monoisotopic (exact) mass is 270 g/mol. The highest BCUT2D eigenvalue weighted by Crippen LogP contribution is 2.38. The van der Waals surface area contributed by atoms with E-state index in [2.05, 4.69) is 32.0 Å². The average Bonchev–Trinajstić information content (AvgIpc) is 2.48. The van der Waals surface area contributed by atoms with Crippen LogP contribution in [0.25, 0.3) is 11.1 Å². The van der Waals surface area contributed by atoms with Crippen LogP contribution in [0.4, 0.5) is 0 Å². The van der Waals surface area contributed by atoms with E-state index in [4.69, 9.17) is 0 Å². The number of phenols is 2. The standard InChI is InChI=1S/C18H22O2/c1-4-12-9-13(5-2)11-14(10-12)18-15(6-3)16(19)7-8-17(18)20/h7-11,19-20H,4-6H2,1-3H3. The Kier molecular flexibility index (Phi) is 4.33. The van der Waals surface area contributed by atoms with Crippen molar-refractivity contribution in [1.82, 2.24) is 0 Å². The third kappa shape index (κ3) is 2.64. The molecule has 0 heterocycles. The second kappa shape index (κ2) is 6.00. The van der Waals surface area contributed by atoms with Crippen LogP contribution in [0.5, 0.6) is 11.5 Å². The van der Waals surface area contributed by atoms with Gasteiger partial charge in [0.05, 0.1) is 0 Å². The van der Waals surface area contributed by atoms with E-state index in [-0.39, 0.29) is 11.5 Å². The summed E-state index contributed by atoms with van der Waals surface area (Å²) in [6, 6.07) is 9.53. The van der Waals surface area contributed by atoms with E-state index in [0.29, 0.717) is 6.42 Å². The second-order valence-electron chi connectivity index (χ2n) is 5.06. The first-order valence-electron chi connectivity index (χ1n) is 7.27. The number of rotatable bonds is 4. The Labute approximate surface area is 120 Å². The molecule has 0 saturated carbocycles. The lowest BCUT2D eigenvalue weighted by atomic mass is 9.92. The van der Waals surface area contributed by atoms with Crippen LogP contribution in [0.3, 0.4) is 0 Å². The lowest BCUT2D eigenvalue weighted by Crippen LogP contribution is -1.93. The maximum atomic E-state index is 10.2. The molecule has 20 heavy (non-hydrogen) atoms. The molecule has 0 bridgehead atoms. The van der Waals surface area contributed by atoms with Crippen LogP contribution >= 0.6 is 0 Å². The SMILES string of the molecule is CCc1cc(CC)cc(-c2c(O)ccc(O)c2CC)c1. The molecular weight excluding hydrogens is 248 g/mol. The molecule has 2 aromatic carbocycles. The van der Waals surface area contributed by atoms with Gasteiger partial charge in [0.1, 0.15) is 11.5 Å². The van der Waals surface area contributed by atoms with Crippen LogP contribution < -0.4 is 0 Å². The van der Waals surface area contributed by atoms with Crippen molar-refractivity contribution in [2.75, 3.05) is 0 Å². The molecule has 2 rings (SSSR count). The van der Waals surface area contributed by atoms with Gasteiger partial charge in [-0.2, -0.15) is 0 Å². The van der Waals surface area contributed by atoms with Crippen LogP contribution in [0.15, 0.2) is 30.3 Å². The largest absolute Gasteiger partial charge is 0.508 e. The molecule has 2 aromatic rings. The van der Waals surface area contributed by atoms with Crippen molar-refractivity contribution in [2.45, 2.75) is 40.0 Å². The fourth-order valence-corrected chi connectivity index (χ4v) is 2.62. The van der Waals surface area contributed by atoms with Crippen LogP contribution in [-0.4, -0.2) is 10.2 Å². The zero-order valence-electron chi connectivity index (χ0n) is 12.4. The summed E-state index contributed by atoms with van der Waals surface area (Å²) in [4.78, 5) is 0. The molecule has 2 nitrogen and oxygen atoms in total. The number of benzene rings is 2. The van der Waals surface area contributed by atoms with Crippen LogP contribution in [0.1, 0.15) is 37.5 Å². The van der Waals surface area contributed by atoms with E-state index in [1.807, 2.05) is 6.92 Å². The van der Waals surface area contributed by atoms with Crippen molar-refractivity contribution in [3.63, 3.8) is 0 Å². The van der Waals surface area contributed by atoms with Gasteiger partial charge < -0.3 is 10.2 Å². The third-order valence-electron chi connectivity index (χ3n) is 3.78. The highest BCUT2D eigenvalue weighted by Gasteiger charge is 2.14. The summed E-state index contributed by atoms with van der Waals surface area (Å²) in [5, 5.41) is 20.2. The predicted octanol–water partition coefficient (Wildman–Crippen LogP) is 4.45. The molecule has 2 heteroatoms. The summed E-state index contributed by atoms with van der Waals surface area (Å²) in [5.74, 6) is 0.482. The fourth-order valence-electron chi connectivity index (χ4n) is 2.62. The van der Waals surface area contributed by atoms with E-state index >= 15 is 0 Å². The Morgan fingerprint density at radius 2 is 1.30 bits per heavy atom. The van der Waals surface area contributed by atoms with E-state index in [1.165, 1.54) is 11.1 Å². The molecule has 0 fully saturated rings. The van der Waals surface area contributed by atoms with Crippen LogP contribution in [0, 0.1) is 0 Å². The van der Waals surface area contributed by atoms with Gasteiger partial charge in [0.2, 0.25) is 0 Å². The van der Waals surface area contributed by atoms with E-state index in [0.717, 1.165) is 29.5 Å². The van der Waals surface area contributed by atoms with Gasteiger partial charge >= 0.3 is 0 Å². The summed E-state index contributed by atoms with van der Waals surface area (Å²) >= 11 is 0. The fraction of sp³-hybridized carbons (Fsp3) is 0.333. The highest BCUT2D eigenvalue weighted by atomic mass is 16.3. The van der Waals surface area contributed by atoms with Gasteiger partial charge in [-0.1, -0.05) is 39.0 Å². The molecule has 0 atom stereocenters. The smallest absolute Gasteiger partial charge is 0.123 e. The van der Waals surface area contributed by atoms with E-state index < -0.39 is 0 Å². The molecule has 0 aliphatic heterocycles. The van der Waals surface area contributed by atoms with Crippen LogP contribution in [0.2, 0.25) is 0 Å². The topological polar surface area (TPSA) is 40.5 Å². The summed E-state index contributed by atoms with van der Waals surface area (Å²) in [6.07, 6.45) is 2.61. The maximum Gasteiger partial charge on any atom is 0.123 e. The normalized spacial score (nSPS) is 10.8. The summed E-state index contributed by atoms with van der Waals surface area (Å²) < 4.78 is 0. The molecule has 2 N–H and O–H groups in total. The molecule has 0 aliphatic rings. The molecule has 0 aliphatic carbocycles. The van der Waals surface area contributed by atoms with Crippen molar-refractivity contribution in [3.05, 3.63) is 47.0 Å². The molecule has 0 aromatic heterocycles. The van der Waals surface area contributed by atoms with Gasteiger partial charge in [0.25, 0.3) is 0 Å². The van der Waals surface area contributed by atoms with Gasteiger partial charge in [-0.15, -0.1) is 0 Å². The van der Waals surface area contributed by atoms with E-state index in [9.17, 15) is 10.2 Å². The number of phenolic OH excluding ortho intramolecular Hbond substituents is 2. The zero-order valence-corrected chi connectivity index (χ0v) is 12.4. The summed E-state index contributed by atoms with van der Waals surface area (Å²) in [7, 11) is 0. The van der Waals surface area contributed by atoms with Gasteiger partial charge in [0.15, 0.2) is 0 Å². The molecule has 106 valence electrons. The van der Waals surface area contributed by atoms with Crippen molar-refractivity contribution in [2.24, 2.45) is 0 Å². The van der Waals surface area contributed by atoms with Crippen molar-refractivity contribution in [1.29, 1.82) is 0 Å². The van der Waals surface area contributed by atoms with Gasteiger partial charge in [-0.05, 0) is 48.1 Å². The minimum absolute atomic E-state index is 0.231. The molecule has 0 saturated heterocycles. The Morgan fingerprint density at radius 1 is 0.750 bits per heavy atom. The number of hydrogen-bond acceptors (Lipinski definition) is 2. The van der Waals surface area contributed by atoms with Crippen molar-refractivity contribution >= 4 is 0 Å². The predicted molar refractivity (Wildman–Crippen MR) is 83.3 cm³/mol. The highest BCUT2D eigenvalue weighted by molar-refractivity contribution is 5.77. The Morgan fingerprint density at radius 3 is 1.80 bits per heavy atom. The molecular formula is C18H22O2. The van der Waals surface area contributed by atoms with Gasteiger partial charge in [-0.3, -0.25) is 0 Å². The number of aryl methyl sites for hydroxylation is 2. The average molecular weight is 270 g/mol. The lowest BCUT2D eigenvalue weighted by Gasteiger charge is -2.14. The third-order valence-corrected chi connectivity index (χ3v) is 3.78. The lowest BCUT2D eigenvalue weighted by molar-refractivity contribution is 0.456. The van der Waals surface area contributed by atoms with Gasteiger partial charge in [-0.25, -0.2) is 0 Å². The minimum Gasteiger partial charge on any atom is -0.508 e. The Bertz CT molecular complexity index is 593. The summed E-state index contributed by atoms with van der Waals surface area (Å²) in [6.45, 7) is 6.24. The summed E-state index contributed by atoms with van der Waals surface area (Å²) in [5.41, 5.74) is 5.07. The first kappa shape index (κ1) is 14.4. The van der Waals surface area contributed by atoms with Gasteiger partial charge in [0, 0.05) is 11.1 Å². The second-order valence-corrected chi connectivity index (χ2v) is 5.06. The van der Waals surface area contributed by atoms with E-state index in [1.54, 1.807) is 12.1 Å².